The minimum atomic E-state index is -0.190. The van der Waals surface area contributed by atoms with Gasteiger partial charge in [0.1, 0.15) is 5.75 Å². The summed E-state index contributed by atoms with van der Waals surface area (Å²) in [5, 5.41) is 0. The largest absolute Gasteiger partial charge is 0.426 e. The molecule has 1 aliphatic rings. The summed E-state index contributed by atoms with van der Waals surface area (Å²) in [6, 6.07) is 5.19. The van der Waals surface area contributed by atoms with Gasteiger partial charge in [-0.05, 0) is 37.0 Å². The molecule has 2 atom stereocenters. The van der Waals surface area contributed by atoms with Crippen LogP contribution < -0.4 is 4.74 Å². The van der Waals surface area contributed by atoms with Gasteiger partial charge in [-0.3, -0.25) is 9.59 Å². The molecular weight excluding hydrogens is 242 g/mol. The monoisotopic (exact) mass is 261 g/mol. The zero-order valence-electron chi connectivity index (χ0n) is 11.8. The molecule has 0 radical (unpaired) electrons. The Morgan fingerprint density at radius 3 is 2.47 bits per heavy atom. The Kier molecular flexibility index (Phi) is 3.60. The first-order valence-electron chi connectivity index (χ1n) is 6.44. The van der Waals surface area contributed by atoms with Crippen LogP contribution in [0.1, 0.15) is 29.3 Å². The molecule has 4 nitrogen and oxygen atoms in total. The number of aryl methyl sites for hydroxylation is 1. The van der Waals surface area contributed by atoms with Crippen LogP contribution in [0.25, 0.3) is 0 Å². The van der Waals surface area contributed by atoms with E-state index in [0.717, 1.165) is 12.0 Å². The highest BCUT2D eigenvalue weighted by atomic mass is 16.5. The topological polar surface area (TPSA) is 46.6 Å². The molecule has 0 aromatic heterocycles. The van der Waals surface area contributed by atoms with Gasteiger partial charge in [0.05, 0.1) is 5.92 Å². The van der Waals surface area contributed by atoms with E-state index in [1.165, 1.54) is 4.90 Å². The average molecular weight is 261 g/mol. The van der Waals surface area contributed by atoms with E-state index in [1.54, 1.807) is 32.3 Å². The third-order valence-corrected chi connectivity index (χ3v) is 3.46. The highest BCUT2D eigenvalue weighted by Crippen LogP contribution is 2.39. The van der Waals surface area contributed by atoms with Crippen molar-refractivity contribution < 1.29 is 14.3 Å². The lowest BCUT2D eigenvalue weighted by Crippen LogP contribution is -2.22. The van der Waals surface area contributed by atoms with E-state index in [0.29, 0.717) is 17.2 Å². The first kappa shape index (κ1) is 13.6. The number of hydrogen-bond acceptors (Lipinski definition) is 3. The summed E-state index contributed by atoms with van der Waals surface area (Å²) >= 11 is 0. The van der Waals surface area contributed by atoms with E-state index < -0.39 is 0 Å². The average Bonchev–Trinajstić information content (AvgIpc) is 3.08. The SMILES string of the molecule is Cc1ccc(C(=O)N(C)C)cc1OC(=O)[C@@H]1C[C@@H]1C. The lowest BCUT2D eigenvalue weighted by Gasteiger charge is -2.13. The van der Waals surface area contributed by atoms with Crippen LogP contribution in [0.4, 0.5) is 0 Å². The highest BCUT2D eigenvalue weighted by Gasteiger charge is 2.40. The molecule has 0 saturated heterocycles. The number of amides is 1. The van der Waals surface area contributed by atoms with Gasteiger partial charge in [0.15, 0.2) is 0 Å². The molecular formula is C15H19NO3. The number of esters is 1. The van der Waals surface area contributed by atoms with Crippen molar-refractivity contribution in [2.75, 3.05) is 14.1 Å². The van der Waals surface area contributed by atoms with E-state index in [9.17, 15) is 9.59 Å². The second kappa shape index (κ2) is 5.03. The van der Waals surface area contributed by atoms with Gasteiger partial charge in [0.25, 0.3) is 5.91 Å². The standard InChI is InChI=1S/C15H19NO3/c1-9-5-6-11(14(17)16(3)4)8-13(9)19-15(18)12-7-10(12)2/h5-6,8,10,12H,7H2,1-4H3/t10-,12+/m0/s1. The maximum Gasteiger partial charge on any atom is 0.314 e. The predicted molar refractivity (Wildman–Crippen MR) is 72.1 cm³/mol. The van der Waals surface area contributed by atoms with E-state index >= 15 is 0 Å². The Morgan fingerprint density at radius 2 is 1.95 bits per heavy atom. The van der Waals surface area contributed by atoms with Gasteiger partial charge in [-0.15, -0.1) is 0 Å². The van der Waals surface area contributed by atoms with Crippen LogP contribution in [-0.4, -0.2) is 30.9 Å². The lowest BCUT2D eigenvalue weighted by atomic mass is 10.1. The summed E-state index contributed by atoms with van der Waals surface area (Å²) in [5.41, 5.74) is 1.39. The Balaban J connectivity index is 2.17. The number of carbonyl (C=O) groups is 2. The minimum absolute atomic E-state index is 0.0209. The van der Waals surface area contributed by atoms with E-state index in [2.05, 4.69) is 0 Å². The first-order chi connectivity index (χ1) is 8.90. The fourth-order valence-corrected chi connectivity index (χ4v) is 1.94. The summed E-state index contributed by atoms with van der Waals surface area (Å²) in [6.45, 7) is 3.90. The molecule has 0 bridgehead atoms. The normalized spacial score (nSPS) is 20.8. The van der Waals surface area contributed by atoms with Crippen molar-refractivity contribution in [2.45, 2.75) is 20.3 Å². The third kappa shape index (κ3) is 2.95. The minimum Gasteiger partial charge on any atom is -0.426 e. The molecule has 4 heteroatoms. The Morgan fingerprint density at radius 1 is 1.32 bits per heavy atom. The number of carbonyl (C=O) groups excluding carboxylic acids is 2. The maximum atomic E-state index is 11.9. The van der Waals surface area contributed by atoms with Gasteiger partial charge in [0, 0.05) is 19.7 Å². The summed E-state index contributed by atoms with van der Waals surface area (Å²) < 4.78 is 5.40. The molecule has 19 heavy (non-hydrogen) atoms. The fourth-order valence-electron chi connectivity index (χ4n) is 1.94. The quantitative estimate of drug-likeness (QED) is 0.619. The molecule has 1 saturated carbocycles. The van der Waals surface area contributed by atoms with E-state index in [1.807, 2.05) is 13.8 Å². The number of nitrogens with zero attached hydrogens (tertiary/aromatic N) is 1. The third-order valence-electron chi connectivity index (χ3n) is 3.46. The Labute approximate surface area is 113 Å². The van der Waals surface area contributed by atoms with Crippen LogP contribution in [0, 0.1) is 18.8 Å². The van der Waals surface area contributed by atoms with E-state index in [-0.39, 0.29) is 17.8 Å². The maximum absolute atomic E-state index is 11.9. The Hall–Kier alpha value is -1.84. The zero-order chi connectivity index (χ0) is 14.2. The van der Waals surface area contributed by atoms with Gasteiger partial charge >= 0.3 is 5.97 Å². The molecule has 1 fully saturated rings. The van der Waals surface area contributed by atoms with Crippen LogP contribution in [0.5, 0.6) is 5.75 Å². The van der Waals surface area contributed by atoms with Crippen LogP contribution in [0.15, 0.2) is 18.2 Å². The summed E-state index contributed by atoms with van der Waals surface area (Å²) in [6.07, 6.45) is 0.897. The van der Waals surface area contributed by atoms with Crippen LogP contribution in [0.3, 0.4) is 0 Å². The lowest BCUT2D eigenvalue weighted by molar-refractivity contribution is -0.136. The number of benzene rings is 1. The molecule has 1 amide bonds. The van der Waals surface area contributed by atoms with Crippen molar-refractivity contribution in [3.63, 3.8) is 0 Å². The fraction of sp³-hybridized carbons (Fsp3) is 0.467. The van der Waals surface area contributed by atoms with Crippen molar-refractivity contribution >= 4 is 11.9 Å². The van der Waals surface area contributed by atoms with E-state index in [4.69, 9.17) is 4.74 Å². The second-order valence-corrected chi connectivity index (χ2v) is 5.42. The van der Waals surface area contributed by atoms with Crippen molar-refractivity contribution in [2.24, 2.45) is 11.8 Å². The molecule has 1 aliphatic carbocycles. The molecule has 0 N–H and O–H groups in total. The van der Waals surface area contributed by atoms with Gasteiger partial charge in [-0.1, -0.05) is 13.0 Å². The molecule has 1 aromatic rings. The predicted octanol–water partition coefficient (Wildman–Crippen LogP) is 2.26. The van der Waals surface area contributed by atoms with Crippen molar-refractivity contribution in [1.29, 1.82) is 0 Å². The summed E-state index contributed by atoms with van der Waals surface area (Å²) in [4.78, 5) is 25.2. The van der Waals surface area contributed by atoms with Crippen LogP contribution >= 0.6 is 0 Å². The van der Waals surface area contributed by atoms with Crippen molar-refractivity contribution in [3.05, 3.63) is 29.3 Å². The van der Waals surface area contributed by atoms with Crippen LogP contribution in [-0.2, 0) is 4.79 Å². The number of rotatable bonds is 3. The molecule has 1 aromatic carbocycles. The molecule has 0 spiro atoms. The van der Waals surface area contributed by atoms with Gasteiger partial charge in [0.2, 0.25) is 0 Å². The summed E-state index contributed by atoms with van der Waals surface area (Å²) in [7, 11) is 3.39. The second-order valence-electron chi connectivity index (χ2n) is 5.42. The number of hydrogen-bond donors (Lipinski definition) is 0. The van der Waals surface area contributed by atoms with Crippen molar-refractivity contribution in [3.8, 4) is 5.75 Å². The molecule has 102 valence electrons. The smallest absolute Gasteiger partial charge is 0.314 e. The molecule has 2 rings (SSSR count). The zero-order valence-corrected chi connectivity index (χ0v) is 11.8. The molecule has 0 heterocycles. The number of ether oxygens (including phenoxy) is 1. The van der Waals surface area contributed by atoms with Gasteiger partial charge in [-0.25, -0.2) is 0 Å². The van der Waals surface area contributed by atoms with Crippen LogP contribution in [0.2, 0.25) is 0 Å². The van der Waals surface area contributed by atoms with Crippen molar-refractivity contribution in [1.82, 2.24) is 4.90 Å². The van der Waals surface area contributed by atoms with Gasteiger partial charge < -0.3 is 9.64 Å². The highest BCUT2D eigenvalue weighted by molar-refractivity contribution is 5.94. The first-order valence-corrected chi connectivity index (χ1v) is 6.44. The molecule has 0 unspecified atom stereocenters. The van der Waals surface area contributed by atoms with Gasteiger partial charge in [-0.2, -0.15) is 0 Å². The molecule has 0 aliphatic heterocycles. The summed E-state index contributed by atoms with van der Waals surface area (Å²) in [5.74, 6) is 0.631. The Bertz CT molecular complexity index is 522.